The summed E-state index contributed by atoms with van der Waals surface area (Å²) in [6.07, 6.45) is 3.02. The van der Waals surface area contributed by atoms with Gasteiger partial charge in [0.05, 0.1) is 11.1 Å². The zero-order chi connectivity index (χ0) is 12.5. The Morgan fingerprint density at radius 1 is 1.47 bits per heavy atom. The van der Waals surface area contributed by atoms with Crippen LogP contribution in [0.3, 0.4) is 0 Å². The highest BCUT2D eigenvalue weighted by Crippen LogP contribution is 2.33. The molecule has 0 unspecified atom stereocenters. The molecule has 1 amide bonds. The van der Waals surface area contributed by atoms with Crippen molar-refractivity contribution in [1.82, 2.24) is 5.32 Å². The van der Waals surface area contributed by atoms with Gasteiger partial charge < -0.3 is 5.32 Å². The lowest BCUT2D eigenvalue weighted by molar-refractivity contribution is 0.0853. The Balaban J connectivity index is 2.14. The summed E-state index contributed by atoms with van der Waals surface area (Å²) in [5, 5.41) is 3.61. The predicted molar refractivity (Wildman–Crippen MR) is 73.9 cm³/mol. The second-order valence-corrected chi connectivity index (χ2v) is 5.90. The molecule has 1 fully saturated rings. The van der Waals surface area contributed by atoms with Gasteiger partial charge in [0.15, 0.2) is 0 Å². The Morgan fingerprint density at radius 3 is 2.65 bits per heavy atom. The van der Waals surface area contributed by atoms with Crippen LogP contribution < -0.4 is 5.32 Å². The first-order valence-corrected chi connectivity index (χ1v) is 7.10. The average Bonchev–Trinajstić information content (AvgIpc) is 2.23. The van der Waals surface area contributed by atoms with E-state index in [-0.39, 0.29) is 11.4 Å². The molecule has 0 atom stereocenters. The van der Waals surface area contributed by atoms with Crippen molar-refractivity contribution in [3.63, 3.8) is 0 Å². The molecule has 0 saturated heterocycles. The molecular weight excluding hydrogens is 325 g/mol. The summed E-state index contributed by atoms with van der Waals surface area (Å²) in [6, 6.07) is 5.13. The van der Waals surface area contributed by atoms with Gasteiger partial charge in [-0.2, -0.15) is 0 Å². The first-order chi connectivity index (χ1) is 8.06. The van der Waals surface area contributed by atoms with Crippen LogP contribution in [-0.2, 0) is 0 Å². The third-order valence-electron chi connectivity index (χ3n) is 3.12. The molecule has 1 aromatic rings. The van der Waals surface area contributed by atoms with Crippen LogP contribution in [-0.4, -0.2) is 17.3 Å². The first-order valence-electron chi connectivity index (χ1n) is 5.40. The summed E-state index contributed by atoms with van der Waals surface area (Å²) in [4.78, 5) is 12.1. The Bertz CT molecular complexity index is 441. The first kappa shape index (κ1) is 13.2. The van der Waals surface area contributed by atoms with Crippen molar-refractivity contribution in [2.75, 3.05) is 5.88 Å². The summed E-state index contributed by atoms with van der Waals surface area (Å²) < 4.78 is 0.701. The van der Waals surface area contributed by atoms with Crippen LogP contribution in [0, 0.1) is 0 Å². The zero-order valence-corrected chi connectivity index (χ0v) is 12.2. The summed E-state index contributed by atoms with van der Waals surface area (Å²) in [5.74, 6) is 0.359. The molecule has 1 aliphatic rings. The Kier molecular flexibility index (Phi) is 4.01. The lowest BCUT2D eigenvalue weighted by Crippen LogP contribution is -2.55. The minimum absolute atomic E-state index is 0.103. The number of carbonyl (C=O) groups is 1. The molecule has 1 N–H and O–H groups in total. The molecule has 0 heterocycles. The minimum atomic E-state index is -0.211. The van der Waals surface area contributed by atoms with E-state index in [1.165, 1.54) is 0 Å². The fourth-order valence-electron chi connectivity index (χ4n) is 1.88. The van der Waals surface area contributed by atoms with Crippen LogP contribution in [0.5, 0.6) is 0 Å². The number of benzene rings is 1. The number of alkyl halides is 1. The predicted octanol–water partition coefficient (Wildman–Crippen LogP) is 3.99. The van der Waals surface area contributed by atoms with E-state index < -0.39 is 0 Å². The van der Waals surface area contributed by atoms with Crippen molar-refractivity contribution in [1.29, 1.82) is 0 Å². The highest BCUT2D eigenvalue weighted by molar-refractivity contribution is 9.10. The van der Waals surface area contributed by atoms with Gasteiger partial charge in [-0.15, -0.1) is 11.6 Å². The van der Waals surface area contributed by atoms with Gasteiger partial charge in [0, 0.05) is 15.4 Å². The molecule has 1 aromatic carbocycles. The molecule has 0 aromatic heterocycles. The summed E-state index contributed by atoms with van der Waals surface area (Å²) in [5.41, 5.74) is 0.378. The number of halogens is 3. The van der Waals surface area contributed by atoms with E-state index in [0.717, 1.165) is 19.3 Å². The SMILES string of the molecule is O=C(NC1(CCl)CCC1)c1ccc(Cl)cc1Br. The zero-order valence-electron chi connectivity index (χ0n) is 9.10. The third-order valence-corrected chi connectivity index (χ3v) is 4.52. The minimum Gasteiger partial charge on any atom is -0.345 e. The average molecular weight is 337 g/mol. The number of carbonyl (C=O) groups excluding carboxylic acids is 1. The molecule has 0 spiro atoms. The van der Waals surface area contributed by atoms with Crippen LogP contribution >= 0.6 is 39.1 Å². The maximum atomic E-state index is 12.1. The van der Waals surface area contributed by atoms with Gasteiger partial charge in [-0.3, -0.25) is 4.79 Å². The van der Waals surface area contributed by atoms with E-state index in [4.69, 9.17) is 23.2 Å². The second kappa shape index (κ2) is 5.17. The molecule has 0 aliphatic heterocycles. The van der Waals surface area contributed by atoms with Gasteiger partial charge in [0.1, 0.15) is 0 Å². The van der Waals surface area contributed by atoms with Crippen molar-refractivity contribution in [3.05, 3.63) is 33.3 Å². The monoisotopic (exact) mass is 335 g/mol. The Morgan fingerprint density at radius 2 is 2.18 bits per heavy atom. The maximum Gasteiger partial charge on any atom is 0.252 e. The summed E-state index contributed by atoms with van der Waals surface area (Å²) >= 11 is 15.1. The molecular formula is C12H12BrCl2NO. The molecule has 2 rings (SSSR count). The number of hydrogen-bond donors (Lipinski definition) is 1. The molecule has 2 nitrogen and oxygen atoms in total. The normalized spacial score (nSPS) is 17.4. The van der Waals surface area contributed by atoms with Gasteiger partial charge in [-0.1, -0.05) is 11.6 Å². The quantitative estimate of drug-likeness (QED) is 0.831. The number of amides is 1. The van der Waals surface area contributed by atoms with Crippen molar-refractivity contribution in [2.24, 2.45) is 0 Å². The fraction of sp³-hybridized carbons (Fsp3) is 0.417. The van der Waals surface area contributed by atoms with Gasteiger partial charge in [-0.05, 0) is 53.4 Å². The number of nitrogens with one attached hydrogen (secondary N) is 1. The standard InChI is InChI=1S/C12H12BrCl2NO/c13-10-6-8(15)2-3-9(10)11(17)16-12(7-14)4-1-5-12/h2-3,6H,1,4-5,7H2,(H,16,17). The highest BCUT2D eigenvalue weighted by Gasteiger charge is 2.37. The number of rotatable bonds is 3. The van der Waals surface area contributed by atoms with E-state index in [2.05, 4.69) is 21.2 Å². The molecule has 1 aliphatic carbocycles. The van der Waals surface area contributed by atoms with Crippen molar-refractivity contribution in [2.45, 2.75) is 24.8 Å². The molecule has 1 saturated carbocycles. The maximum absolute atomic E-state index is 12.1. The lowest BCUT2D eigenvalue weighted by atomic mass is 9.78. The van der Waals surface area contributed by atoms with Gasteiger partial charge in [0.25, 0.3) is 5.91 Å². The third kappa shape index (κ3) is 2.78. The van der Waals surface area contributed by atoms with E-state index in [0.29, 0.717) is 20.9 Å². The molecule has 0 radical (unpaired) electrons. The molecule has 17 heavy (non-hydrogen) atoms. The van der Waals surface area contributed by atoms with Gasteiger partial charge in [-0.25, -0.2) is 0 Å². The summed E-state index contributed by atoms with van der Waals surface area (Å²) in [6.45, 7) is 0. The summed E-state index contributed by atoms with van der Waals surface area (Å²) in [7, 11) is 0. The van der Waals surface area contributed by atoms with Crippen LogP contribution in [0.1, 0.15) is 29.6 Å². The molecule has 0 bridgehead atoms. The van der Waals surface area contributed by atoms with Crippen LogP contribution in [0.2, 0.25) is 5.02 Å². The van der Waals surface area contributed by atoms with Crippen LogP contribution in [0.4, 0.5) is 0 Å². The molecule has 5 heteroatoms. The van der Waals surface area contributed by atoms with Crippen LogP contribution in [0.25, 0.3) is 0 Å². The Labute approximate surface area is 119 Å². The van der Waals surface area contributed by atoms with Gasteiger partial charge in [0.2, 0.25) is 0 Å². The van der Waals surface area contributed by atoms with E-state index in [9.17, 15) is 4.79 Å². The van der Waals surface area contributed by atoms with Gasteiger partial charge >= 0.3 is 0 Å². The van der Waals surface area contributed by atoms with Crippen molar-refractivity contribution >= 4 is 45.0 Å². The molecule has 92 valence electrons. The highest BCUT2D eigenvalue weighted by atomic mass is 79.9. The fourth-order valence-corrected chi connectivity index (χ4v) is 3.07. The van der Waals surface area contributed by atoms with E-state index in [1.807, 2.05) is 0 Å². The Hall–Kier alpha value is -0.250. The smallest absolute Gasteiger partial charge is 0.252 e. The lowest BCUT2D eigenvalue weighted by Gasteiger charge is -2.41. The number of hydrogen-bond acceptors (Lipinski definition) is 1. The van der Waals surface area contributed by atoms with Crippen molar-refractivity contribution < 1.29 is 4.79 Å². The van der Waals surface area contributed by atoms with Crippen LogP contribution in [0.15, 0.2) is 22.7 Å². The van der Waals surface area contributed by atoms with E-state index >= 15 is 0 Å². The topological polar surface area (TPSA) is 29.1 Å². The second-order valence-electron chi connectivity index (χ2n) is 4.35. The van der Waals surface area contributed by atoms with Crippen molar-refractivity contribution in [3.8, 4) is 0 Å². The van der Waals surface area contributed by atoms with E-state index in [1.54, 1.807) is 18.2 Å². The largest absolute Gasteiger partial charge is 0.345 e.